The highest BCUT2D eigenvalue weighted by Crippen LogP contribution is 2.25. The number of nitrogens with zero attached hydrogens (tertiary/aromatic N) is 4. The summed E-state index contributed by atoms with van der Waals surface area (Å²) >= 11 is 0. The molecule has 1 aromatic heterocycles. The number of alkyl halides is 6. The SMILES string of the molecule is CN=C(NCc1cccnc1OCC(F)(F)F)N1CCN(C(C)C(F)(F)F)CC1. The van der Waals surface area contributed by atoms with E-state index in [-0.39, 0.29) is 25.5 Å². The van der Waals surface area contributed by atoms with Crippen LogP contribution in [0.4, 0.5) is 26.3 Å². The predicted octanol–water partition coefficient (Wildman–Crippen LogP) is 2.67. The molecule has 1 aromatic rings. The van der Waals surface area contributed by atoms with Gasteiger partial charge in [-0.25, -0.2) is 4.98 Å². The number of ether oxygens (including phenoxy) is 1. The molecule has 12 heteroatoms. The van der Waals surface area contributed by atoms with Gasteiger partial charge in [-0.1, -0.05) is 6.07 Å². The number of aromatic nitrogens is 1. The van der Waals surface area contributed by atoms with Crippen molar-refractivity contribution in [2.45, 2.75) is 31.9 Å². The van der Waals surface area contributed by atoms with Crippen LogP contribution in [0.25, 0.3) is 0 Å². The van der Waals surface area contributed by atoms with Gasteiger partial charge in [-0.2, -0.15) is 26.3 Å². The lowest BCUT2D eigenvalue weighted by Gasteiger charge is -2.39. The maximum Gasteiger partial charge on any atom is 0.422 e. The lowest BCUT2D eigenvalue weighted by molar-refractivity contribution is -0.181. The molecule has 0 radical (unpaired) electrons. The zero-order valence-corrected chi connectivity index (χ0v) is 16.0. The van der Waals surface area contributed by atoms with E-state index in [1.165, 1.54) is 18.1 Å². The smallest absolute Gasteiger partial charge is 0.422 e. The van der Waals surface area contributed by atoms with E-state index in [2.05, 4.69) is 15.3 Å². The molecule has 1 saturated heterocycles. The molecule has 0 bridgehead atoms. The van der Waals surface area contributed by atoms with Crippen LogP contribution >= 0.6 is 0 Å². The fourth-order valence-corrected chi connectivity index (χ4v) is 2.87. The van der Waals surface area contributed by atoms with Crippen LogP contribution in [-0.4, -0.2) is 79.0 Å². The average Bonchev–Trinajstić information content (AvgIpc) is 2.66. The third kappa shape index (κ3) is 6.94. The average molecular weight is 427 g/mol. The van der Waals surface area contributed by atoms with Gasteiger partial charge in [-0.3, -0.25) is 9.89 Å². The standard InChI is InChI=1S/C17H23F6N5O/c1-12(17(21,22)23)27-6-8-28(9-7-27)15(24-2)26-10-13-4-3-5-25-14(13)29-11-16(18,19)20/h3-5,12H,6-11H2,1-2H3,(H,24,26). The number of rotatable bonds is 5. The molecule has 1 fully saturated rings. The van der Waals surface area contributed by atoms with Gasteiger partial charge in [0.15, 0.2) is 12.6 Å². The van der Waals surface area contributed by atoms with Crippen LogP contribution in [0, 0.1) is 0 Å². The number of piperazine rings is 1. The number of hydrogen-bond acceptors (Lipinski definition) is 4. The second-order valence-corrected chi connectivity index (χ2v) is 6.51. The van der Waals surface area contributed by atoms with Gasteiger partial charge in [0.1, 0.15) is 6.04 Å². The first-order chi connectivity index (χ1) is 13.5. The summed E-state index contributed by atoms with van der Waals surface area (Å²) in [6, 6.07) is 1.61. The Kier molecular flexibility index (Phi) is 7.55. The minimum atomic E-state index is -4.48. The van der Waals surface area contributed by atoms with Crippen molar-refractivity contribution in [2.24, 2.45) is 4.99 Å². The summed E-state index contributed by atoms with van der Waals surface area (Å²) in [5.41, 5.74) is 0.405. The number of nitrogens with one attached hydrogen (secondary N) is 1. The van der Waals surface area contributed by atoms with Crippen molar-refractivity contribution in [3.05, 3.63) is 23.9 Å². The summed E-state index contributed by atoms with van der Waals surface area (Å²) in [6.45, 7) is 0.892. The second kappa shape index (κ2) is 9.51. The minimum absolute atomic E-state index is 0.104. The van der Waals surface area contributed by atoms with E-state index < -0.39 is 25.0 Å². The first-order valence-electron chi connectivity index (χ1n) is 8.91. The zero-order valence-electron chi connectivity index (χ0n) is 16.0. The Labute approximate surface area is 164 Å². The molecule has 0 aliphatic carbocycles. The van der Waals surface area contributed by atoms with Crippen molar-refractivity contribution < 1.29 is 31.1 Å². The largest absolute Gasteiger partial charge is 0.468 e. The highest BCUT2D eigenvalue weighted by Gasteiger charge is 2.41. The molecule has 0 spiro atoms. The van der Waals surface area contributed by atoms with Crippen molar-refractivity contribution in [3.63, 3.8) is 0 Å². The lowest BCUT2D eigenvalue weighted by Crippen LogP contribution is -2.56. The van der Waals surface area contributed by atoms with Crippen molar-refractivity contribution in [1.29, 1.82) is 0 Å². The fraction of sp³-hybridized carbons (Fsp3) is 0.647. The number of aliphatic imine (C=N–C) groups is 1. The van der Waals surface area contributed by atoms with Gasteiger partial charge in [0.05, 0.1) is 0 Å². The lowest BCUT2D eigenvalue weighted by atomic mass is 10.2. The Hall–Kier alpha value is -2.24. The van der Waals surface area contributed by atoms with Crippen LogP contribution in [0.2, 0.25) is 0 Å². The van der Waals surface area contributed by atoms with Crippen molar-refractivity contribution >= 4 is 5.96 Å². The molecule has 1 aliphatic rings. The molecule has 1 atom stereocenters. The highest BCUT2D eigenvalue weighted by atomic mass is 19.4. The van der Waals surface area contributed by atoms with Crippen LogP contribution in [0.1, 0.15) is 12.5 Å². The van der Waals surface area contributed by atoms with Gasteiger partial charge < -0.3 is 15.0 Å². The van der Waals surface area contributed by atoms with E-state index in [1.54, 1.807) is 17.0 Å². The Morgan fingerprint density at radius 1 is 1.21 bits per heavy atom. The van der Waals surface area contributed by atoms with E-state index in [4.69, 9.17) is 4.74 Å². The van der Waals surface area contributed by atoms with Crippen molar-refractivity contribution in [2.75, 3.05) is 39.8 Å². The zero-order chi connectivity index (χ0) is 21.7. The van der Waals surface area contributed by atoms with Crippen LogP contribution in [0.15, 0.2) is 23.3 Å². The van der Waals surface area contributed by atoms with Gasteiger partial charge in [0, 0.05) is 51.5 Å². The second-order valence-electron chi connectivity index (χ2n) is 6.51. The monoisotopic (exact) mass is 427 g/mol. The molecular weight excluding hydrogens is 404 g/mol. The quantitative estimate of drug-likeness (QED) is 0.445. The van der Waals surface area contributed by atoms with Crippen LogP contribution in [-0.2, 0) is 6.54 Å². The van der Waals surface area contributed by atoms with Gasteiger partial charge in [-0.15, -0.1) is 0 Å². The molecule has 2 heterocycles. The van der Waals surface area contributed by atoms with Crippen LogP contribution < -0.4 is 10.1 Å². The van der Waals surface area contributed by atoms with E-state index in [9.17, 15) is 26.3 Å². The first kappa shape index (κ1) is 23.0. The molecular formula is C17H23F6N5O. The highest BCUT2D eigenvalue weighted by molar-refractivity contribution is 5.80. The van der Waals surface area contributed by atoms with E-state index in [1.807, 2.05) is 0 Å². The summed E-state index contributed by atoms with van der Waals surface area (Å²) in [5, 5.41) is 3.00. The number of halogens is 6. The molecule has 0 saturated carbocycles. The molecule has 1 N–H and O–H groups in total. The number of hydrogen-bond donors (Lipinski definition) is 1. The van der Waals surface area contributed by atoms with E-state index in [0.29, 0.717) is 24.6 Å². The predicted molar refractivity (Wildman–Crippen MR) is 94.6 cm³/mol. The van der Waals surface area contributed by atoms with Gasteiger partial charge in [-0.05, 0) is 13.0 Å². The molecule has 1 unspecified atom stereocenters. The minimum Gasteiger partial charge on any atom is -0.468 e. The maximum atomic E-state index is 12.9. The first-order valence-corrected chi connectivity index (χ1v) is 8.91. The summed E-state index contributed by atoms with van der Waals surface area (Å²) in [6.07, 6.45) is -7.44. The van der Waals surface area contributed by atoms with E-state index in [0.717, 1.165) is 6.92 Å². The molecule has 164 valence electrons. The molecule has 0 amide bonds. The fourth-order valence-electron chi connectivity index (χ4n) is 2.87. The Morgan fingerprint density at radius 3 is 2.41 bits per heavy atom. The topological polar surface area (TPSA) is 53.0 Å². The van der Waals surface area contributed by atoms with Gasteiger partial charge in [0.25, 0.3) is 0 Å². The third-order valence-corrected chi connectivity index (χ3v) is 4.51. The number of pyridine rings is 1. The van der Waals surface area contributed by atoms with Crippen LogP contribution in [0.5, 0.6) is 5.88 Å². The Balaban J connectivity index is 1.92. The van der Waals surface area contributed by atoms with Crippen molar-refractivity contribution in [3.8, 4) is 5.88 Å². The van der Waals surface area contributed by atoms with Crippen molar-refractivity contribution in [1.82, 2.24) is 20.1 Å². The summed E-state index contributed by atoms with van der Waals surface area (Å²) in [4.78, 5) is 11.1. The maximum absolute atomic E-state index is 12.9. The van der Waals surface area contributed by atoms with E-state index >= 15 is 0 Å². The normalized spacial score (nSPS) is 17.9. The van der Waals surface area contributed by atoms with Gasteiger partial charge in [0.2, 0.25) is 5.88 Å². The molecule has 6 nitrogen and oxygen atoms in total. The molecule has 1 aliphatic heterocycles. The van der Waals surface area contributed by atoms with Gasteiger partial charge >= 0.3 is 12.4 Å². The summed E-state index contributed by atoms with van der Waals surface area (Å²) in [5.74, 6) is 0.298. The summed E-state index contributed by atoms with van der Waals surface area (Å²) in [7, 11) is 1.53. The number of guanidine groups is 1. The third-order valence-electron chi connectivity index (χ3n) is 4.51. The molecule has 0 aromatic carbocycles. The Morgan fingerprint density at radius 2 is 1.86 bits per heavy atom. The molecule has 2 rings (SSSR count). The summed E-state index contributed by atoms with van der Waals surface area (Å²) < 4.78 is 80.5. The Bertz CT molecular complexity index is 686. The molecule has 29 heavy (non-hydrogen) atoms. The van der Waals surface area contributed by atoms with Crippen LogP contribution in [0.3, 0.4) is 0 Å².